The maximum atomic E-state index is 3.89. The molecule has 243 valence electrons. The van der Waals surface area contributed by atoms with Crippen LogP contribution in [0.5, 0.6) is 0 Å². The maximum absolute atomic E-state index is 3.89. The summed E-state index contributed by atoms with van der Waals surface area (Å²) in [5, 5.41) is 0. The maximum Gasteiger partial charge on any atom is 0.287 e. The molecule has 6 aromatic rings. The van der Waals surface area contributed by atoms with E-state index in [1.54, 1.807) is 0 Å². The van der Waals surface area contributed by atoms with Gasteiger partial charge in [-0.1, -0.05) is 243 Å². The van der Waals surface area contributed by atoms with E-state index in [1.165, 1.54) is 54.6 Å². The van der Waals surface area contributed by atoms with Crippen LogP contribution in [-0.4, -0.2) is 32.9 Å². The fraction of sp³-hybridized carbons (Fsp3) is 0.0270. The zero-order valence-corrected chi connectivity index (χ0v) is 38.1. The minimum absolute atomic E-state index is 0. The fourth-order valence-electron chi connectivity index (χ4n) is 6.99. The molecule has 0 spiro atoms. The first-order valence-corrected chi connectivity index (χ1v) is 21.7. The topological polar surface area (TPSA) is 0 Å². The minimum atomic E-state index is 0. The highest BCUT2D eigenvalue weighted by Crippen LogP contribution is 2.19. The molecular weight excluding hydrogens is 1140 g/mol. The first-order chi connectivity index (χ1) is 23.2. The van der Waals surface area contributed by atoms with Crippen molar-refractivity contribution in [3.05, 3.63) is 148 Å². The van der Waals surface area contributed by atoms with Crippen LogP contribution in [0, 0.1) is 0 Å². The molecule has 13 heteroatoms. The third-order valence-electron chi connectivity index (χ3n) is 9.03. The Labute approximate surface area is 365 Å². The summed E-state index contributed by atoms with van der Waals surface area (Å²) >= 11 is 30.4. The van der Waals surface area contributed by atoms with Crippen LogP contribution in [-0.2, 0) is 0 Å². The Morgan fingerprint density at radius 1 is 0.300 bits per heavy atom. The van der Waals surface area contributed by atoms with Gasteiger partial charge in [0.1, 0.15) is 0 Å². The van der Waals surface area contributed by atoms with Gasteiger partial charge in [0.25, 0.3) is 11.1 Å². The van der Waals surface area contributed by atoms with Gasteiger partial charge in [-0.25, -0.2) is 0 Å². The average molecular weight is 1160 g/mol. The molecule has 0 unspecified atom stereocenters. The van der Waals surface area contributed by atoms with Crippen molar-refractivity contribution in [1.82, 2.24) is 0 Å². The van der Waals surface area contributed by atoms with Crippen molar-refractivity contribution < 1.29 is 0 Å². The molecule has 2 aliphatic rings. The Bertz CT molecular complexity index is 2040. The molecule has 2 heterocycles. The average Bonchev–Trinajstić information content (AvgIpc) is 3.08. The molecule has 8 rings (SSSR count). The van der Waals surface area contributed by atoms with Gasteiger partial charge >= 0.3 is 0 Å². The molecule has 0 atom stereocenters. The van der Waals surface area contributed by atoms with Gasteiger partial charge in [0, 0.05) is 35.2 Å². The predicted octanol–water partition coefficient (Wildman–Crippen LogP) is 6.86. The van der Waals surface area contributed by atoms with Crippen molar-refractivity contribution in [2.24, 2.45) is 0 Å². The zero-order chi connectivity index (χ0) is 33.7. The molecule has 0 fully saturated rings. The van der Waals surface area contributed by atoms with Gasteiger partial charge in [-0.05, 0) is 36.4 Å². The van der Waals surface area contributed by atoms with Crippen molar-refractivity contribution in [3.8, 4) is 0 Å². The van der Waals surface area contributed by atoms with Gasteiger partial charge in [-0.3, -0.25) is 0 Å². The van der Waals surface area contributed by atoms with E-state index in [9.17, 15) is 0 Å². The van der Waals surface area contributed by atoms with Gasteiger partial charge in [-0.2, -0.15) is 0 Å². The molecule has 0 amide bonds. The Kier molecular flexibility index (Phi) is 14.1. The summed E-state index contributed by atoms with van der Waals surface area (Å²) in [6.45, 7) is 0.273. The largest absolute Gasteiger partial charge is 0.287 e. The lowest BCUT2D eigenvalue weighted by Gasteiger charge is -2.34. The van der Waals surface area contributed by atoms with Crippen LogP contribution in [0.25, 0.3) is 0 Å². The molecule has 2 aliphatic heterocycles. The molecule has 0 nitrogen and oxygen atoms in total. The van der Waals surface area contributed by atoms with Crippen LogP contribution >= 0.6 is 127 Å². The van der Waals surface area contributed by atoms with Gasteiger partial charge in [-0.15, -0.1) is 31.5 Å². The first-order valence-electron chi connectivity index (χ1n) is 15.1. The van der Waals surface area contributed by atoms with Gasteiger partial charge in [0.05, 0.1) is 0 Å². The van der Waals surface area contributed by atoms with Crippen molar-refractivity contribution in [1.29, 1.82) is 0 Å². The van der Waals surface area contributed by atoms with E-state index >= 15 is 0 Å². The van der Waals surface area contributed by atoms with E-state index < -0.39 is 0 Å². The number of hydrogen-bond donors (Lipinski definition) is 0. The van der Waals surface area contributed by atoms with Crippen LogP contribution < -0.4 is 54.6 Å². The second-order valence-electron chi connectivity index (χ2n) is 11.6. The lowest BCUT2D eigenvalue weighted by Crippen LogP contribution is -2.75. The van der Waals surface area contributed by atoms with E-state index in [4.69, 9.17) is 0 Å². The monoisotopic (exact) mass is 1150 g/mol. The molecule has 3 radical (unpaired) electrons. The Balaban J connectivity index is 0.000000209. The summed E-state index contributed by atoms with van der Waals surface area (Å²) in [6.07, 6.45) is 0. The van der Waals surface area contributed by atoms with Gasteiger partial charge in [0.2, 0.25) is 13.4 Å². The van der Waals surface area contributed by atoms with Crippen LogP contribution in [0.3, 0.4) is 0 Å². The smallest absolute Gasteiger partial charge is 0.143 e. The molecule has 0 N–H and O–H groups in total. The third kappa shape index (κ3) is 7.43. The molecular formula is C37H24B5Br8. The number of rotatable bonds is 2. The summed E-state index contributed by atoms with van der Waals surface area (Å²) in [7, 11) is 0. The van der Waals surface area contributed by atoms with Crippen LogP contribution in [0.4, 0.5) is 0 Å². The normalized spacial score (nSPS) is 12.3. The number of hydrogen-bond acceptors (Lipinski definition) is 0. The van der Waals surface area contributed by atoms with Crippen molar-refractivity contribution in [2.45, 2.75) is 7.43 Å². The fourth-order valence-corrected chi connectivity index (χ4v) is 12.9. The summed E-state index contributed by atoms with van der Waals surface area (Å²) < 4.78 is 6.84. The Morgan fingerprint density at radius 3 is 0.900 bits per heavy atom. The van der Waals surface area contributed by atoms with Gasteiger partial charge < -0.3 is 0 Å². The third-order valence-corrected chi connectivity index (χ3v) is 15.1. The first kappa shape index (κ1) is 40.7. The summed E-state index contributed by atoms with van der Waals surface area (Å²) in [4.78, 5) is 0. The molecule has 50 heavy (non-hydrogen) atoms. The highest BCUT2D eigenvalue weighted by atomic mass is 79.9. The number of halogens is 8. The molecule has 0 saturated carbocycles. The molecule has 6 aromatic carbocycles. The van der Waals surface area contributed by atoms with E-state index in [0.717, 1.165) is 26.8 Å². The van der Waals surface area contributed by atoms with Gasteiger partial charge in [0.15, 0.2) is 0 Å². The van der Waals surface area contributed by atoms with E-state index in [-0.39, 0.29) is 40.3 Å². The molecule has 0 aliphatic carbocycles. The van der Waals surface area contributed by atoms with Crippen molar-refractivity contribution >= 4 is 215 Å². The highest BCUT2D eigenvalue weighted by molar-refractivity contribution is 9.26. The van der Waals surface area contributed by atoms with Crippen molar-refractivity contribution in [2.75, 3.05) is 0 Å². The quantitative estimate of drug-likeness (QED) is 0.166. The Hall–Kier alpha value is -0.515. The number of fused-ring (bicyclic) bond motifs is 4. The molecule has 0 saturated heterocycles. The standard InChI is InChI=1S/C24H14B2Br4.C12H6B2Br4.CH4.B/c27-19-11-3-1-7-15(19)25-17-9-5-14-22(30)24(17)26(16-8-2-4-12-20(16)28)18-10-6-13-21(29)23(18)25;15-9-5-1-3-7-11(9)14(18)8-4-2-6-10(16)12(8)13(7)17;;/h1-14H;1-6H;1H4;. The molecule has 0 bridgehead atoms. The SMILES string of the molecule is BrB1c2cccc(Br)c2B(Br)c2cccc(Br)c21.Brc1ccccc1B1c2cccc(Br)c2B(c2ccccc2Br)c2cccc(Br)c21.C.[B]. The molecule has 0 aromatic heterocycles. The van der Waals surface area contributed by atoms with Crippen molar-refractivity contribution in [3.63, 3.8) is 0 Å². The highest BCUT2D eigenvalue weighted by Gasteiger charge is 2.42. The lowest BCUT2D eigenvalue weighted by atomic mass is 9.21. The number of benzene rings is 6. The summed E-state index contributed by atoms with van der Waals surface area (Å²) in [5.74, 6) is 0. The lowest BCUT2D eigenvalue weighted by molar-refractivity contribution is 1.65. The minimum Gasteiger partial charge on any atom is -0.143 e. The Morgan fingerprint density at radius 2 is 0.560 bits per heavy atom. The summed E-state index contributed by atoms with van der Waals surface area (Å²) in [6, 6.07) is 42.9. The summed E-state index contributed by atoms with van der Waals surface area (Å²) in [5.41, 5.74) is 13.6. The van der Waals surface area contributed by atoms with E-state index in [0.29, 0.717) is 0 Å². The second kappa shape index (κ2) is 17.3. The van der Waals surface area contributed by atoms with Crippen LogP contribution in [0.15, 0.2) is 148 Å². The van der Waals surface area contributed by atoms with Crippen LogP contribution in [0.1, 0.15) is 7.43 Å². The zero-order valence-electron chi connectivity index (χ0n) is 25.5. The predicted molar refractivity (Wildman–Crippen MR) is 255 cm³/mol. The van der Waals surface area contributed by atoms with Crippen LogP contribution in [0.2, 0.25) is 0 Å². The van der Waals surface area contributed by atoms with E-state index in [1.807, 2.05) is 0 Å². The second-order valence-corrected chi connectivity index (χ2v) is 18.6. The van der Waals surface area contributed by atoms with E-state index in [2.05, 4.69) is 248 Å².